The summed E-state index contributed by atoms with van der Waals surface area (Å²) in [6.45, 7) is 4.80. The molecule has 0 atom stereocenters. The third-order valence-electron chi connectivity index (χ3n) is 2.05. The second-order valence-electron chi connectivity index (χ2n) is 3.49. The van der Waals surface area contributed by atoms with Gasteiger partial charge in [-0.2, -0.15) is 0 Å². The first kappa shape index (κ1) is 11.5. The number of aryl methyl sites for hydroxylation is 2. The summed E-state index contributed by atoms with van der Waals surface area (Å²) < 4.78 is 0.810. The number of halogens is 1. The number of anilines is 1. The number of aromatic nitrogens is 2. The molecule has 2 heterocycles. The molecule has 1 N–H and O–H groups in total. The average molecular weight is 298 g/mol. The number of nitrogens with one attached hydrogen (secondary N) is 1. The van der Waals surface area contributed by atoms with Gasteiger partial charge in [-0.3, -0.25) is 0 Å². The fourth-order valence-electron chi connectivity index (χ4n) is 1.38. The molecule has 0 radical (unpaired) electrons. The summed E-state index contributed by atoms with van der Waals surface area (Å²) in [4.78, 5) is 11.1. The van der Waals surface area contributed by atoms with Crippen LogP contribution in [-0.2, 0) is 6.54 Å². The van der Waals surface area contributed by atoms with Crippen LogP contribution in [-0.4, -0.2) is 9.97 Å². The number of nitrogens with zero attached hydrogens (tertiary/aromatic N) is 2. The SMILES string of the molecule is Cc1nc(Br)cc(NCc2ccc(C)s2)n1. The first-order valence-electron chi connectivity index (χ1n) is 4.94. The van der Waals surface area contributed by atoms with Gasteiger partial charge in [-0.25, -0.2) is 9.97 Å². The Bertz CT molecular complexity index is 475. The predicted octanol–water partition coefficient (Wildman–Crippen LogP) is 3.53. The fourth-order valence-corrected chi connectivity index (χ4v) is 2.68. The Labute approximate surface area is 107 Å². The zero-order valence-electron chi connectivity index (χ0n) is 9.12. The lowest BCUT2D eigenvalue weighted by Gasteiger charge is -2.04. The highest BCUT2D eigenvalue weighted by Crippen LogP contribution is 2.17. The highest BCUT2D eigenvalue weighted by Gasteiger charge is 2.00. The molecule has 2 aromatic rings. The zero-order chi connectivity index (χ0) is 11.5. The van der Waals surface area contributed by atoms with Crippen LogP contribution in [0.2, 0.25) is 0 Å². The van der Waals surface area contributed by atoms with Crippen LogP contribution in [0.4, 0.5) is 5.82 Å². The Morgan fingerprint density at radius 3 is 2.75 bits per heavy atom. The molecule has 0 aromatic carbocycles. The van der Waals surface area contributed by atoms with Crippen LogP contribution < -0.4 is 5.32 Å². The topological polar surface area (TPSA) is 37.8 Å². The van der Waals surface area contributed by atoms with Gasteiger partial charge < -0.3 is 5.32 Å². The molecule has 0 fully saturated rings. The predicted molar refractivity (Wildman–Crippen MR) is 70.9 cm³/mol. The van der Waals surface area contributed by atoms with Crippen LogP contribution in [0.25, 0.3) is 0 Å². The van der Waals surface area contributed by atoms with Crippen LogP contribution in [0.5, 0.6) is 0 Å². The quantitative estimate of drug-likeness (QED) is 0.881. The van der Waals surface area contributed by atoms with Crippen molar-refractivity contribution in [3.8, 4) is 0 Å². The highest BCUT2D eigenvalue weighted by atomic mass is 79.9. The summed E-state index contributed by atoms with van der Waals surface area (Å²) in [6, 6.07) is 6.15. The number of thiophene rings is 1. The summed E-state index contributed by atoms with van der Waals surface area (Å²) in [6.07, 6.45) is 0. The van der Waals surface area contributed by atoms with Crippen LogP contribution in [0.15, 0.2) is 22.8 Å². The van der Waals surface area contributed by atoms with E-state index in [1.54, 1.807) is 11.3 Å². The maximum Gasteiger partial charge on any atom is 0.131 e. The van der Waals surface area contributed by atoms with Gasteiger partial charge in [0.05, 0.1) is 6.54 Å². The minimum absolute atomic E-state index is 0.763. The molecule has 0 aliphatic heterocycles. The van der Waals surface area contributed by atoms with Crippen LogP contribution in [0.3, 0.4) is 0 Å². The monoisotopic (exact) mass is 297 g/mol. The minimum atomic E-state index is 0.763. The number of hydrogen-bond donors (Lipinski definition) is 1. The Morgan fingerprint density at radius 2 is 2.12 bits per heavy atom. The minimum Gasteiger partial charge on any atom is -0.365 e. The summed E-state index contributed by atoms with van der Waals surface area (Å²) in [5.74, 6) is 1.62. The maximum absolute atomic E-state index is 4.31. The van der Waals surface area contributed by atoms with Crippen molar-refractivity contribution in [2.24, 2.45) is 0 Å². The van der Waals surface area contributed by atoms with Gasteiger partial charge in [0.25, 0.3) is 0 Å². The lowest BCUT2D eigenvalue weighted by Crippen LogP contribution is -2.01. The standard InChI is InChI=1S/C11H12BrN3S/c1-7-3-4-9(16-7)6-13-11-5-10(12)14-8(2)15-11/h3-5H,6H2,1-2H3,(H,13,14,15). The second-order valence-corrected chi connectivity index (χ2v) is 5.67. The smallest absolute Gasteiger partial charge is 0.131 e. The third-order valence-corrected chi connectivity index (χ3v) is 3.45. The van der Waals surface area contributed by atoms with Crippen molar-refractivity contribution in [3.05, 3.63) is 38.4 Å². The van der Waals surface area contributed by atoms with E-state index in [4.69, 9.17) is 0 Å². The van der Waals surface area contributed by atoms with E-state index in [0.717, 1.165) is 22.8 Å². The number of rotatable bonds is 3. The lowest BCUT2D eigenvalue weighted by molar-refractivity contribution is 1.01. The van der Waals surface area contributed by atoms with Gasteiger partial charge in [-0.05, 0) is 41.9 Å². The first-order valence-corrected chi connectivity index (χ1v) is 6.55. The molecule has 84 valence electrons. The van der Waals surface area contributed by atoms with E-state index in [0.29, 0.717) is 0 Å². The molecule has 0 spiro atoms. The van der Waals surface area contributed by atoms with Gasteiger partial charge in [-0.1, -0.05) is 0 Å². The van der Waals surface area contributed by atoms with Crippen LogP contribution >= 0.6 is 27.3 Å². The molecular weight excluding hydrogens is 286 g/mol. The Hall–Kier alpha value is -0.940. The molecule has 0 bridgehead atoms. The Morgan fingerprint density at radius 1 is 1.31 bits per heavy atom. The first-order chi connectivity index (χ1) is 7.63. The van der Waals surface area contributed by atoms with Gasteiger partial charge in [-0.15, -0.1) is 11.3 Å². The Kier molecular flexibility index (Phi) is 3.56. The zero-order valence-corrected chi connectivity index (χ0v) is 11.5. The van der Waals surface area contributed by atoms with Crippen molar-refractivity contribution >= 4 is 33.1 Å². The molecule has 0 aliphatic rings. The van der Waals surface area contributed by atoms with E-state index in [1.165, 1.54) is 9.75 Å². The normalized spacial score (nSPS) is 10.4. The van der Waals surface area contributed by atoms with Gasteiger partial charge in [0.2, 0.25) is 0 Å². The Balaban J connectivity index is 2.04. The number of hydrogen-bond acceptors (Lipinski definition) is 4. The van der Waals surface area contributed by atoms with Gasteiger partial charge >= 0.3 is 0 Å². The maximum atomic E-state index is 4.31. The van der Waals surface area contributed by atoms with Crippen LogP contribution in [0.1, 0.15) is 15.6 Å². The molecular formula is C11H12BrN3S. The van der Waals surface area contributed by atoms with Gasteiger partial charge in [0.15, 0.2) is 0 Å². The van der Waals surface area contributed by atoms with E-state index in [-0.39, 0.29) is 0 Å². The van der Waals surface area contributed by atoms with E-state index < -0.39 is 0 Å². The molecule has 2 rings (SSSR count). The van der Waals surface area contributed by atoms with E-state index in [2.05, 4.69) is 50.3 Å². The lowest BCUT2D eigenvalue weighted by atomic mass is 10.4. The second kappa shape index (κ2) is 4.93. The van der Waals surface area contributed by atoms with Crippen molar-refractivity contribution in [1.82, 2.24) is 9.97 Å². The van der Waals surface area contributed by atoms with Crippen LogP contribution in [0, 0.1) is 13.8 Å². The van der Waals surface area contributed by atoms with E-state index >= 15 is 0 Å². The molecule has 0 aliphatic carbocycles. The van der Waals surface area contributed by atoms with Gasteiger partial charge in [0, 0.05) is 15.8 Å². The molecule has 16 heavy (non-hydrogen) atoms. The molecule has 0 saturated carbocycles. The molecule has 0 amide bonds. The van der Waals surface area contributed by atoms with Gasteiger partial charge in [0.1, 0.15) is 16.2 Å². The average Bonchev–Trinajstić information content (AvgIpc) is 2.60. The molecule has 0 unspecified atom stereocenters. The third kappa shape index (κ3) is 3.02. The van der Waals surface area contributed by atoms with E-state index in [9.17, 15) is 0 Å². The van der Waals surface area contributed by atoms with Crippen molar-refractivity contribution in [1.29, 1.82) is 0 Å². The molecule has 2 aromatic heterocycles. The van der Waals surface area contributed by atoms with Crippen molar-refractivity contribution in [2.45, 2.75) is 20.4 Å². The summed E-state index contributed by atoms with van der Waals surface area (Å²) in [5, 5.41) is 3.29. The molecule has 0 saturated heterocycles. The molecule has 5 heteroatoms. The summed E-state index contributed by atoms with van der Waals surface area (Å²) in [5.41, 5.74) is 0. The highest BCUT2D eigenvalue weighted by molar-refractivity contribution is 9.10. The fraction of sp³-hybridized carbons (Fsp3) is 0.273. The summed E-state index contributed by atoms with van der Waals surface area (Å²) >= 11 is 5.15. The van der Waals surface area contributed by atoms with E-state index in [1.807, 2.05) is 13.0 Å². The van der Waals surface area contributed by atoms with Crippen molar-refractivity contribution in [2.75, 3.05) is 5.32 Å². The molecule has 3 nitrogen and oxygen atoms in total. The summed E-state index contributed by atoms with van der Waals surface area (Å²) in [7, 11) is 0. The largest absolute Gasteiger partial charge is 0.365 e. The van der Waals surface area contributed by atoms with Crippen molar-refractivity contribution < 1.29 is 0 Å². The van der Waals surface area contributed by atoms with Crippen molar-refractivity contribution in [3.63, 3.8) is 0 Å².